The van der Waals surface area contributed by atoms with Crippen LogP contribution in [0.5, 0.6) is 0 Å². The molecular weight excluding hydrogens is 373 g/mol. The van der Waals surface area contributed by atoms with E-state index in [1.54, 1.807) is 26.8 Å². The van der Waals surface area contributed by atoms with Crippen LogP contribution in [-0.2, 0) is 10.0 Å². The van der Waals surface area contributed by atoms with E-state index in [0.29, 0.717) is 29.6 Å². The molecule has 1 aromatic carbocycles. The molecule has 1 fully saturated rings. The van der Waals surface area contributed by atoms with Crippen molar-refractivity contribution in [1.82, 2.24) is 9.71 Å². The van der Waals surface area contributed by atoms with Gasteiger partial charge in [-0.15, -0.1) is 0 Å². The van der Waals surface area contributed by atoms with Gasteiger partial charge in [0.15, 0.2) is 5.58 Å². The maximum absolute atomic E-state index is 13.2. The fourth-order valence-electron chi connectivity index (χ4n) is 3.09. The Hall–Kier alpha value is -1.71. The molecule has 9 heteroatoms. The van der Waals surface area contributed by atoms with Crippen LogP contribution in [0.1, 0.15) is 46.5 Å². The second-order valence-corrected chi connectivity index (χ2v) is 10.5. The van der Waals surface area contributed by atoms with Crippen LogP contribution in [-0.4, -0.2) is 36.2 Å². The highest BCUT2D eigenvalue weighted by molar-refractivity contribution is 7.90. The molecular formula is C18H28FN3O4S. The van der Waals surface area contributed by atoms with Crippen molar-refractivity contribution in [2.45, 2.75) is 57.2 Å². The van der Waals surface area contributed by atoms with Gasteiger partial charge >= 0.3 is 0 Å². The number of halogens is 1. The van der Waals surface area contributed by atoms with Crippen LogP contribution < -0.4 is 10.0 Å². The molecule has 1 heterocycles. The standard InChI is InChI=1S/C18H26FN3O3S.H2O/c1-18(2,3)26(23,24)20-11-12-4-7-14(8-5-12)21-17-22-15-9-6-13(19)10-16(15)25-17;/h6,9-10,12,14,20H,4-5,7-8,11H2,1-3H3,(H,21,22);1H2. The minimum absolute atomic E-state index is 0. The first-order chi connectivity index (χ1) is 12.1. The number of oxazole rings is 1. The summed E-state index contributed by atoms with van der Waals surface area (Å²) in [6.45, 7) is 5.57. The van der Waals surface area contributed by atoms with Crippen molar-refractivity contribution in [3.8, 4) is 0 Å². The van der Waals surface area contributed by atoms with Crippen LogP contribution >= 0.6 is 0 Å². The van der Waals surface area contributed by atoms with Crippen LogP contribution in [0.4, 0.5) is 10.4 Å². The zero-order chi connectivity index (χ0) is 18.9. The molecule has 0 bridgehead atoms. The average Bonchev–Trinajstić information content (AvgIpc) is 2.94. The Labute approximate surface area is 159 Å². The van der Waals surface area contributed by atoms with E-state index in [0.717, 1.165) is 25.7 Å². The van der Waals surface area contributed by atoms with Gasteiger partial charge in [0.25, 0.3) is 6.01 Å². The average molecular weight is 402 g/mol. The summed E-state index contributed by atoms with van der Waals surface area (Å²) in [7, 11) is -3.30. The Balaban J connectivity index is 0.00000261. The number of nitrogens with zero attached hydrogens (tertiary/aromatic N) is 1. The van der Waals surface area contributed by atoms with Gasteiger partial charge in [0.2, 0.25) is 10.0 Å². The Bertz CT molecular complexity index is 868. The number of benzene rings is 1. The van der Waals surface area contributed by atoms with Crippen LogP contribution in [0.3, 0.4) is 0 Å². The largest absolute Gasteiger partial charge is 0.423 e. The molecule has 0 unspecified atom stereocenters. The lowest BCUT2D eigenvalue weighted by Crippen LogP contribution is -2.42. The zero-order valence-electron chi connectivity index (χ0n) is 15.9. The highest BCUT2D eigenvalue weighted by atomic mass is 32.2. The van der Waals surface area contributed by atoms with Crippen LogP contribution in [0.15, 0.2) is 22.6 Å². The van der Waals surface area contributed by atoms with Gasteiger partial charge < -0.3 is 15.2 Å². The van der Waals surface area contributed by atoms with Gasteiger partial charge in [-0.3, -0.25) is 0 Å². The molecule has 4 N–H and O–H groups in total. The second-order valence-electron chi connectivity index (χ2n) is 7.96. The number of fused-ring (bicyclic) bond motifs is 1. The normalized spacial score (nSPS) is 21.0. The summed E-state index contributed by atoms with van der Waals surface area (Å²) < 4.78 is 45.0. The number of anilines is 1. The topological polar surface area (TPSA) is 116 Å². The number of nitrogens with one attached hydrogen (secondary N) is 2. The van der Waals surface area contributed by atoms with E-state index in [4.69, 9.17) is 4.42 Å². The van der Waals surface area contributed by atoms with Gasteiger partial charge in [0.05, 0.1) is 4.75 Å². The number of aromatic nitrogens is 1. The molecule has 1 aliphatic carbocycles. The second kappa shape index (κ2) is 8.12. The summed E-state index contributed by atoms with van der Waals surface area (Å²) in [6.07, 6.45) is 3.68. The van der Waals surface area contributed by atoms with E-state index in [9.17, 15) is 12.8 Å². The molecule has 0 aliphatic heterocycles. The monoisotopic (exact) mass is 401 g/mol. The number of hydrogen-bond donors (Lipinski definition) is 2. The van der Waals surface area contributed by atoms with Crippen LogP contribution in [0.25, 0.3) is 11.1 Å². The summed E-state index contributed by atoms with van der Waals surface area (Å²) in [5.74, 6) is -0.0127. The van der Waals surface area contributed by atoms with Crippen molar-refractivity contribution in [3.63, 3.8) is 0 Å². The molecule has 1 saturated carbocycles. The molecule has 2 aromatic rings. The third-order valence-electron chi connectivity index (χ3n) is 4.89. The van der Waals surface area contributed by atoms with Crippen molar-refractivity contribution in [3.05, 3.63) is 24.0 Å². The number of hydrogen-bond acceptors (Lipinski definition) is 5. The lowest BCUT2D eigenvalue weighted by molar-refractivity contribution is 0.333. The summed E-state index contributed by atoms with van der Waals surface area (Å²) in [5, 5.41) is 3.27. The van der Waals surface area contributed by atoms with Gasteiger partial charge in [-0.25, -0.2) is 17.5 Å². The predicted octanol–water partition coefficient (Wildman–Crippen LogP) is 2.83. The summed E-state index contributed by atoms with van der Waals surface area (Å²) in [6, 6.07) is 4.91. The van der Waals surface area contributed by atoms with Crippen molar-refractivity contribution in [1.29, 1.82) is 0 Å². The SMILES string of the molecule is CC(C)(C)S(=O)(=O)NCC1CCC(Nc2nc3ccc(F)cc3o2)CC1.O. The Morgan fingerprint density at radius 3 is 2.52 bits per heavy atom. The molecule has 3 rings (SSSR count). The molecule has 0 amide bonds. The van der Waals surface area contributed by atoms with Crippen LogP contribution in [0, 0.1) is 11.7 Å². The van der Waals surface area contributed by atoms with Crippen molar-refractivity contribution in [2.24, 2.45) is 5.92 Å². The first kappa shape index (κ1) is 21.6. The van der Waals surface area contributed by atoms with E-state index in [-0.39, 0.29) is 17.3 Å². The van der Waals surface area contributed by atoms with Crippen molar-refractivity contribution >= 4 is 27.1 Å². The van der Waals surface area contributed by atoms with E-state index in [1.807, 2.05) is 0 Å². The molecule has 0 spiro atoms. The van der Waals surface area contributed by atoms with E-state index in [2.05, 4.69) is 15.0 Å². The minimum atomic E-state index is -3.30. The molecule has 27 heavy (non-hydrogen) atoms. The third-order valence-corrected chi connectivity index (χ3v) is 7.05. The predicted molar refractivity (Wildman–Crippen MR) is 104 cm³/mol. The minimum Gasteiger partial charge on any atom is -0.423 e. The van der Waals surface area contributed by atoms with E-state index in [1.165, 1.54) is 12.1 Å². The maximum Gasteiger partial charge on any atom is 0.295 e. The van der Waals surface area contributed by atoms with Crippen LogP contribution in [0.2, 0.25) is 0 Å². The molecule has 1 aromatic heterocycles. The summed E-state index contributed by atoms with van der Waals surface area (Å²) >= 11 is 0. The van der Waals surface area contributed by atoms with Crippen molar-refractivity contribution < 1.29 is 22.7 Å². The zero-order valence-corrected chi connectivity index (χ0v) is 16.7. The lowest BCUT2D eigenvalue weighted by Gasteiger charge is -2.29. The van der Waals surface area contributed by atoms with Gasteiger partial charge in [0.1, 0.15) is 11.3 Å². The smallest absolute Gasteiger partial charge is 0.295 e. The fourth-order valence-corrected chi connectivity index (χ4v) is 3.98. The number of rotatable bonds is 5. The summed E-state index contributed by atoms with van der Waals surface area (Å²) in [4.78, 5) is 4.33. The molecule has 152 valence electrons. The Morgan fingerprint density at radius 1 is 1.22 bits per heavy atom. The quantitative estimate of drug-likeness (QED) is 0.799. The third kappa shape index (κ3) is 5.18. The molecule has 7 nitrogen and oxygen atoms in total. The molecule has 0 radical (unpaired) electrons. The molecule has 0 saturated heterocycles. The molecule has 0 atom stereocenters. The highest BCUT2D eigenvalue weighted by Crippen LogP contribution is 2.28. The highest BCUT2D eigenvalue weighted by Gasteiger charge is 2.30. The van der Waals surface area contributed by atoms with Gasteiger partial charge in [-0.1, -0.05) is 0 Å². The summed E-state index contributed by atoms with van der Waals surface area (Å²) in [5.41, 5.74) is 1.05. The van der Waals surface area contributed by atoms with Crippen molar-refractivity contribution in [2.75, 3.05) is 11.9 Å². The first-order valence-corrected chi connectivity index (χ1v) is 10.4. The Kier molecular flexibility index (Phi) is 6.49. The van der Waals surface area contributed by atoms with Gasteiger partial charge in [0, 0.05) is 18.7 Å². The van der Waals surface area contributed by atoms with Gasteiger partial charge in [-0.05, 0) is 64.5 Å². The first-order valence-electron chi connectivity index (χ1n) is 8.96. The molecule has 1 aliphatic rings. The maximum atomic E-state index is 13.2. The Morgan fingerprint density at radius 2 is 1.89 bits per heavy atom. The number of sulfonamides is 1. The lowest BCUT2D eigenvalue weighted by atomic mass is 9.86. The van der Waals surface area contributed by atoms with Gasteiger partial charge in [-0.2, -0.15) is 4.98 Å². The fraction of sp³-hybridized carbons (Fsp3) is 0.611. The van der Waals surface area contributed by atoms with E-state index < -0.39 is 14.8 Å². The van der Waals surface area contributed by atoms with E-state index >= 15 is 0 Å².